The van der Waals surface area contributed by atoms with E-state index in [-0.39, 0.29) is 0 Å². The monoisotopic (exact) mass is 401 g/mol. The van der Waals surface area contributed by atoms with Crippen LogP contribution in [0.5, 0.6) is 11.5 Å². The zero-order valence-electron chi connectivity index (χ0n) is 15.5. The molecular weight excluding hydrogens is 382 g/mol. The fourth-order valence-electron chi connectivity index (χ4n) is 2.53. The molecule has 0 aliphatic heterocycles. The van der Waals surface area contributed by atoms with Crippen molar-refractivity contribution in [2.75, 3.05) is 5.43 Å². The van der Waals surface area contributed by atoms with Crippen molar-refractivity contribution in [3.05, 3.63) is 96.1 Å². The lowest BCUT2D eigenvalue weighted by atomic mass is 10.2. The first kappa shape index (κ1) is 18.8. The molecule has 0 atom stereocenters. The van der Waals surface area contributed by atoms with Gasteiger partial charge in [0.05, 0.1) is 6.21 Å². The smallest absolute Gasteiger partial charge is 0.240 e. The Morgan fingerprint density at radius 3 is 2.52 bits per heavy atom. The van der Waals surface area contributed by atoms with Gasteiger partial charge in [-0.1, -0.05) is 72.4 Å². The zero-order valence-corrected chi connectivity index (χ0v) is 16.3. The second-order valence-corrected chi connectivity index (χ2v) is 7.04. The molecule has 0 aliphatic rings. The number of hydrogen-bond acceptors (Lipinski definition) is 6. The average molecular weight is 401 g/mol. The van der Waals surface area contributed by atoms with Gasteiger partial charge >= 0.3 is 0 Å². The van der Waals surface area contributed by atoms with Crippen molar-refractivity contribution in [2.24, 2.45) is 5.10 Å². The standard InChI is InChI=1S/C22H19N5OS/c1-3-8-17(9-4-1)16-29-22-24-21(26-27-22)25-23-15-18-10-7-13-20(14-18)28-19-11-5-2-6-12-19/h1-15H,16H2,(H2,24,25,26,27)/b23-15-. The van der Waals surface area contributed by atoms with Gasteiger partial charge in [0.1, 0.15) is 11.5 Å². The molecule has 0 saturated heterocycles. The Balaban J connectivity index is 1.31. The molecule has 29 heavy (non-hydrogen) atoms. The summed E-state index contributed by atoms with van der Waals surface area (Å²) in [4.78, 5) is 4.38. The first-order valence-corrected chi connectivity index (χ1v) is 10.0. The molecule has 4 rings (SSSR count). The van der Waals surface area contributed by atoms with Gasteiger partial charge in [-0.3, -0.25) is 0 Å². The van der Waals surface area contributed by atoms with Crippen molar-refractivity contribution in [1.29, 1.82) is 0 Å². The molecule has 0 spiro atoms. The molecule has 3 aromatic carbocycles. The van der Waals surface area contributed by atoms with Crippen LogP contribution in [0.3, 0.4) is 0 Å². The summed E-state index contributed by atoms with van der Waals surface area (Å²) in [6.45, 7) is 0. The summed E-state index contributed by atoms with van der Waals surface area (Å²) in [5, 5.41) is 11.9. The molecule has 0 aliphatic carbocycles. The highest BCUT2D eigenvalue weighted by atomic mass is 32.2. The maximum absolute atomic E-state index is 5.84. The summed E-state index contributed by atoms with van der Waals surface area (Å²) < 4.78 is 5.84. The van der Waals surface area contributed by atoms with Crippen molar-refractivity contribution in [3.8, 4) is 11.5 Å². The molecule has 2 N–H and O–H groups in total. The molecule has 0 amide bonds. The number of hydrogen-bond donors (Lipinski definition) is 2. The number of nitrogens with zero attached hydrogens (tertiary/aromatic N) is 3. The summed E-state index contributed by atoms with van der Waals surface area (Å²) in [6, 6.07) is 27.6. The first-order valence-electron chi connectivity index (χ1n) is 9.06. The molecular formula is C22H19N5OS. The van der Waals surface area contributed by atoms with Crippen LogP contribution in [0.1, 0.15) is 11.1 Å². The highest BCUT2D eigenvalue weighted by Crippen LogP contribution is 2.21. The number of para-hydroxylation sites is 1. The molecule has 0 radical (unpaired) electrons. The highest BCUT2D eigenvalue weighted by Gasteiger charge is 2.03. The van der Waals surface area contributed by atoms with E-state index < -0.39 is 0 Å². The predicted molar refractivity (Wildman–Crippen MR) is 117 cm³/mol. The van der Waals surface area contributed by atoms with E-state index in [0.29, 0.717) is 11.1 Å². The Morgan fingerprint density at radius 2 is 1.69 bits per heavy atom. The van der Waals surface area contributed by atoms with Crippen molar-refractivity contribution in [1.82, 2.24) is 15.2 Å². The largest absolute Gasteiger partial charge is 0.457 e. The fraction of sp³-hybridized carbons (Fsp3) is 0.0455. The van der Waals surface area contributed by atoms with E-state index in [1.54, 1.807) is 18.0 Å². The number of ether oxygens (including phenoxy) is 1. The summed E-state index contributed by atoms with van der Waals surface area (Å²) in [5.41, 5.74) is 5.00. The highest BCUT2D eigenvalue weighted by molar-refractivity contribution is 7.98. The predicted octanol–water partition coefficient (Wildman–Crippen LogP) is 5.34. The normalized spacial score (nSPS) is 10.9. The number of aromatic amines is 1. The Kier molecular flexibility index (Phi) is 6.19. The third-order valence-corrected chi connectivity index (χ3v) is 4.82. The van der Waals surface area contributed by atoms with Gasteiger partial charge in [0.25, 0.3) is 0 Å². The third-order valence-electron chi connectivity index (χ3n) is 3.90. The molecule has 4 aromatic rings. The van der Waals surface area contributed by atoms with E-state index in [0.717, 1.165) is 22.8 Å². The van der Waals surface area contributed by atoms with Crippen LogP contribution >= 0.6 is 11.8 Å². The summed E-state index contributed by atoms with van der Waals surface area (Å²) in [7, 11) is 0. The molecule has 0 saturated carbocycles. The number of H-pyrrole nitrogens is 1. The fourth-order valence-corrected chi connectivity index (χ4v) is 3.29. The molecule has 1 aromatic heterocycles. The number of nitrogens with one attached hydrogen (secondary N) is 2. The maximum Gasteiger partial charge on any atom is 0.240 e. The van der Waals surface area contributed by atoms with E-state index in [1.165, 1.54) is 5.56 Å². The van der Waals surface area contributed by atoms with Crippen LogP contribution < -0.4 is 10.2 Å². The van der Waals surface area contributed by atoms with Crippen molar-refractivity contribution < 1.29 is 4.74 Å². The van der Waals surface area contributed by atoms with Crippen LogP contribution in [0.2, 0.25) is 0 Å². The average Bonchev–Trinajstić information content (AvgIpc) is 3.22. The Hall–Kier alpha value is -3.58. The lowest BCUT2D eigenvalue weighted by Gasteiger charge is -2.05. The topological polar surface area (TPSA) is 75.2 Å². The summed E-state index contributed by atoms with van der Waals surface area (Å²) in [5.74, 6) is 2.85. The lowest BCUT2D eigenvalue weighted by Crippen LogP contribution is -1.93. The minimum atomic E-state index is 0.494. The van der Waals surface area contributed by atoms with Crippen LogP contribution in [-0.4, -0.2) is 21.4 Å². The second kappa shape index (κ2) is 9.57. The Labute approximate surface area is 173 Å². The summed E-state index contributed by atoms with van der Waals surface area (Å²) in [6.07, 6.45) is 1.71. The molecule has 0 fully saturated rings. The van der Waals surface area contributed by atoms with Gasteiger partial charge < -0.3 is 4.74 Å². The van der Waals surface area contributed by atoms with E-state index in [4.69, 9.17) is 4.74 Å². The van der Waals surface area contributed by atoms with Crippen LogP contribution in [0.25, 0.3) is 0 Å². The van der Waals surface area contributed by atoms with Crippen molar-refractivity contribution in [3.63, 3.8) is 0 Å². The van der Waals surface area contributed by atoms with Crippen molar-refractivity contribution in [2.45, 2.75) is 10.9 Å². The van der Waals surface area contributed by atoms with E-state index in [2.05, 4.69) is 37.8 Å². The Bertz CT molecular complexity index is 1070. The molecule has 0 unspecified atom stereocenters. The van der Waals surface area contributed by atoms with Crippen LogP contribution in [0.4, 0.5) is 5.95 Å². The molecule has 0 bridgehead atoms. The lowest BCUT2D eigenvalue weighted by molar-refractivity contribution is 0.482. The van der Waals surface area contributed by atoms with Gasteiger partial charge in [0.2, 0.25) is 11.1 Å². The zero-order chi connectivity index (χ0) is 19.7. The van der Waals surface area contributed by atoms with Gasteiger partial charge in [0.15, 0.2) is 0 Å². The van der Waals surface area contributed by atoms with Gasteiger partial charge in [-0.15, -0.1) is 5.10 Å². The van der Waals surface area contributed by atoms with Crippen LogP contribution in [0, 0.1) is 0 Å². The number of rotatable bonds is 8. The second-order valence-electron chi connectivity index (χ2n) is 6.10. The SMILES string of the molecule is C(=N/Nc1nc(SCc2ccccc2)n[nH]1)/c1cccc(Oc2ccccc2)c1. The molecule has 1 heterocycles. The quantitative estimate of drug-likeness (QED) is 0.237. The van der Waals surface area contributed by atoms with E-state index in [1.807, 2.05) is 72.8 Å². The minimum absolute atomic E-state index is 0.494. The van der Waals surface area contributed by atoms with Gasteiger partial charge in [0, 0.05) is 5.75 Å². The van der Waals surface area contributed by atoms with Crippen molar-refractivity contribution >= 4 is 23.9 Å². The number of thioether (sulfide) groups is 1. The van der Waals surface area contributed by atoms with Gasteiger partial charge in [-0.25, -0.2) is 10.5 Å². The van der Waals surface area contributed by atoms with Gasteiger partial charge in [-0.05, 0) is 35.4 Å². The third kappa shape index (κ3) is 5.70. The number of hydrazone groups is 1. The maximum atomic E-state index is 5.84. The minimum Gasteiger partial charge on any atom is -0.457 e. The Morgan fingerprint density at radius 1 is 0.931 bits per heavy atom. The first-order chi connectivity index (χ1) is 14.3. The van der Waals surface area contributed by atoms with Crippen LogP contribution in [0.15, 0.2) is 95.2 Å². The van der Waals surface area contributed by atoms with E-state index >= 15 is 0 Å². The number of anilines is 1. The molecule has 144 valence electrons. The summed E-state index contributed by atoms with van der Waals surface area (Å²) >= 11 is 1.57. The van der Waals surface area contributed by atoms with E-state index in [9.17, 15) is 0 Å². The molecule has 6 nitrogen and oxygen atoms in total. The van der Waals surface area contributed by atoms with Gasteiger partial charge in [-0.2, -0.15) is 10.1 Å². The molecule has 7 heteroatoms. The number of aromatic nitrogens is 3. The number of benzene rings is 3. The van der Waals surface area contributed by atoms with Crippen LogP contribution in [-0.2, 0) is 5.75 Å².